The van der Waals surface area contributed by atoms with E-state index >= 15 is 0 Å². The van der Waals surface area contributed by atoms with E-state index in [1.165, 1.54) is 23.9 Å². The fourth-order valence-corrected chi connectivity index (χ4v) is 4.11. The van der Waals surface area contributed by atoms with Crippen molar-refractivity contribution in [1.29, 1.82) is 0 Å². The first kappa shape index (κ1) is 19.2. The lowest BCUT2D eigenvalue weighted by atomic mass is 10.0. The minimum atomic E-state index is -0.977. The van der Waals surface area contributed by atoms with Gasteiger partial charge in [-0.05, 0) is 58.0 Å². The Morgan fingerprint density at radius 3 is 2.24 bits per heavy atom. The molecule has 6 nitrogen and oxygen atoms in total. The lowest BCUT2D eigenvalue weighted by Crippen LogP contribution is -2.03. The van der Waals surface area contributed by atoms with E-state index in [-0.39, 0.29) is 10.8 Å². The number of carboxylic acid groups (broad SMARTS) is 1. The molecule has 0 fully saturated rings. The highest BCUT2D eigenvalue weighted by Gasteiger charge is 2.20. The van der Waals surface area contributed by atoms with Crippen LogP contribution in [0.5, 0.6) is 0 Å². The molecule has 0 radical (unpaired) electrons. The van der Waals surface area contributed by atoms with Crippen molar-refractivity contribution in [2.24, 2.45) is 0 Å². The van der Waals surface area contributed by atoms with Crippen molar-refractivity contribution in [3.05, 3.63) is 101 Å². The van der Waals surface area contributed by atoms with Crippen LogP contribution in [0.2, 0.25) is 5.02 Å². The first-order valence-electron chi connectivity index (χ1n) is 8.71. The summed E-state index contributed by atoms with van der Waals surface area (Å²) in [6, 6.07) is 24.2. The van der Waals surface area contributed by atoms with Gasteiger partial charge in [-0.1, -0.05) is 65.8 Å². The zero-order valence-corrected chi connectivity index (χ0v) is 16.6. The molecule has 4 rings (SSSR count). The number of rotatable bonds is 6. The van der Waals surface area contributed by atoms with E-state index in [2.05, 4.69) is 27.7 Å². The second-order valence-electron chi connectivity index (χ2n) is 6.19. The molecule has 3 aromatic carbocycles. The van der Waals surface area contributed by atoms with Crippen LogP contribution in [0.15, 0.2) is 84.0 Å². The summed E-state index contributed by atoms with van der Waals surface area (Å²) < 4.78 is 1.60. The highest BCUT2D eigenvalue weighted by atomic mass is 35.5. The zero-order valence-electron chi connectivity index (χ0n) is 15.0. The second kappa shape index (κ2) is 8.46. The van der Waals surface area contributed by atoms with E-state index in [9.17, 15) is 4.79 Å². The van der Waals surface area contributed by atoms with Crippen LogP contribution in [0.1, 0.15) is 26.7 Å². The largest absolute Gasteiger partial charge is 0.478 e. The third-order valence-corrected chi connectivity index (χ3v) is 5.80. The van der Waals surface area contributed by atoms with E-state index in [1.807, 2.05) is 42.5 Å². The predicted molar refractivity (Wildman–Crippen MR) is 112 cm³/mol. The van der Waals surface area contributed by atoms with Crippen molar-refractivity contribution in [2.45, 2.75) is 10.4 Å². The molecule has 0 saturated carbocycles. The number of halogens is 1. The van der Waals surface area contributed by atoms with Crippen LogP contribution in [0.25, 0.3) is 5.69 Å². The van der Waals surface area contributed by atoms with Crippen molar-refractivity contribution in [3.63, 3.8) is 0 Å². The maximum absolute atomic E-state index is 11.1. The molecule has 0 aliphatic carbocycles. The summed E-state index contributed by atoms with van der Waals surface area (Å²) in [7, 11) is 0. The maximum atomic E-state index is 11.1. The Hall–Kier alpha value is -3.16. The quantitative estimate of drug-likeness (QED) is 0.445. The topological polar surface area (TPSA) is 80.9 Å². The van der Waals surface area contributed by atoms with Gasteiger partial charge in [-0.25, -0.2) is 4.79 Å². The molecule has 1 atom stereocenters. The van der Waals surface area contributed by atoms with Gasteiger partial charge in [0.05, 0.1) is 16.5 Å². The summed E-state index contributed by atoms with van der Waals surface area (Å²) in [5, 5.41) is 22.4. The van der Waals surface area contributed by atoms with E-state index in [1.54, 1.807) is 16.8 Å². The van der Waals surface area contributed by atoms with Gasteiger partial charge < -0.3 is 5.11 Å². The number of nitrogens with zero attached hydrogens (tertiary/aromatic N) is 4. The molecular weight excluding hydrogens is 408 g/mol. The third-order valence-electron chi connectivity index (χ3n) is 4.30. The van der Waals surface area contributed by atoms with Crippen LogP contribution in [0.3, 0.4) is 0 Å². The molecule has 29 heavy (non-hydrogen) atoms. The van der Waals surface area contributed by atoms with Gasteiger partial charge in [-0.15, -0.1) is 5.10 Å². The number of carbonyl (C=O) groups is 1. The van der Waals surface area contributed by atoms with Crippen LogP contribution in [0.4, 0.5) is 0 Å². The molecule has 0 amide bonds. The monoisotopic (exact) mass is 422 g/mol. The van der Waals surface area contributed by atoms with Crippen LogP contribution in [0, 0.1) is 0 Å². The molecule has 0 aliphatic heterocycles. The Labute approximate surface area is 176 Å². The Kier molecular flexibility index (Phi) is 5.59. The average molecular weight is 423 g/mol. The highest BCUT2D eigenvalue weighted by molar-refractivity contribution is 7.99. The average Bonchev–Trinajstić information content (AvgIpc) is 3.22. The number of hydrogen-bond donors (Lipinski definition) is 1. The van der Waals surface area contributed by atoms with Crippen LogP contribution in [-0.2, 0) is 0 Å². The Balaban J connectivity index is 1.69. The van der Waals surface area contributed by atoms with Crippen molar-refractivity contribution in [1.82, 2.24) is 20.2 Å². The molecule has 0 saturated heterocycles. The fraction of sp³-hybridized carbons (Fsp3) is 0.0476. The number of benzene rings is 3. The zero-order chi connectivity index (χ0) is 20.2. The highest BCUT2D eigenvalue weighted by Crippen LogP contribution is 2.40. The standard InChI is InChI=1S/C21H15ClN4O2S/c22-17-10-6-15(7-11-17)19(14-4-2-1-3-5-14)29-21-23-24-25-26(21)18-12-8-16(9-13-18)20(27)28/h1-13,19H,(H,27,28)/t19-/m0/s1. The summed E-state index contributed by atoms with van der Waals surface area (Å²) in [5.41, 5.74) is 3.07. The van der Waals surface area contributed by atoms with Crippen LogP contribution >= 0.6 is 23.4 Å². The second-order valence-corrected chi connectivity index (χ2v) is 7.69. The number of aromatic carboxylic acids is 1. The Morgan fingerprint density at radius 1 is 0.931 bits per heavy atom. The van der Waals surface area contributed by atoms with Crippen molar-refractivity contribution < 1.29 is 9.90 Å². The third kappa shape index (κ3) is 4.31. The molecule has 8 heteroatoms. The summed E-state index contributed by atoms with van der Waals surface area (Å²) in [6.07, 6.45) is 0. The molecule has 0 aliphatic rings. The van der Waals surface area contributed by atoms with Crippen molar-refractivity contribution in [2.75, 3.05) is 0 Å². The normalized spacial score (nSPS) is 11.9. The molecule has 0 bridgehead atoms. The molecule has 144 valence electrons. The van der Waals surface area contributed by atoms with E-state index in [0.717, 1.165) is 11.1 Å². The summed E-state index contributed by atoms with van der Waals surface area (Å²) in [6.45, 7) is 0. The van der Waals surface area contributed by atoms with E-state index in [4.69, 9.17) is 16.7 Å². The number of tetrazole rings is 1. The summed E-state index contributed by atoms with van der Waals surface area (Å²) >= 11 is 7.57. The SMILES string of the molecule is O=C(O)c1ccc(-n2nnnc2S[C@@H](c2ccccc2)c2ccc(Cl)cc2)cc1. The van der Waals surface area contributed by atoms with E-state index in [0.29, 0.717) is 15.9 Å². The number of thioether (sulfide) groups is 1. The first-order valence-corrected chi connectivity index (χ1v) is 9.97. The lowest BCUT2D eigenvalue weighted by molar-refractivity contribution is 0.0697. The lowest BCUT2D eigenvalue weighted by Gasteiger charge is -2.17. The first-order chi connectivity index (χ1) is 14.1. The van der Waals surface area contributed by atoms with Crippen molar-refractivity contribution in [3.8, 4) is 5.69 Å². The van der Waals surface area contributed by atoms with Gasteiger partial charge >= 0.3 is 5.97 Å². The number of carboxylic acids is 1. The van der Waals surface area contributed by atoms with Gasteiger partial charge in [-0.2, -0.15) is 4.68 Å². The summed E-state index contributed by atoms with van der Waals surface area (Å²) in [5.74, 6) is -0.977. The van der Waals surface area contributed by atoms with Gasteiger partial charge in [0.1, 0.15) is 0 Å². The van der Waals surface area contributed by atoms with Gasteiger partial charge in [-0.3, -0.25) is 0 Å². The maximum Gasteiger partial charge on any atom is 0.335 e. The minimum absolute atomic E-state index is 0.0449. The molecular formula is C21H15ClN4O2S. The van der Waals surface area contributed by atoms with Gasteiger partial charge in [0, 0.05) is 5.02 Å². The predicted octanol–water partition coefficient (Wildman–Crippen LogP) is 4.90. The minimum Gasteiger partial charge on any atom is -0.478 e. The molecule has 0 spiro atoms. The molecule has 4 aromatic rings. The molecule has 1 heterocycles. The van der Waals surface area contributed by atoms with Gasteiger partial charge in [0.15, 0.2) is 0 Å². The van der Waals surface area contributed by atoms with Crippen LogP contribution < -0.4 is 0 Å². The fourth-order valence-electron chi connectivity index (χ4n) is 2.86. The Morgan fingerprint density at radius 2 is 1.59 bits per heavy atom. The van der Waals surface area contributed by atoms with Gasteiger partial charge in [0.2, 0.25) is 5.16 Å². The Bertz CT molecular complexity index is 1120. The molecule has 1 aromatic heterocycles. The van der Waals surface area contributed by atoms with Gasteiger partial charge in [0.25, 0.3) is 0 Å². The van der Waals surface area contributed by atoms with E-state index < -0.39 is 5.97 Å². The molecule has 1 N–H and O–H groups in total. The molecule has 0 unspecified atom stereocenters. The smallest absolute Gasteiger partial charge is 0.335 e. The van der Waals surface area contributed by atoms with Crippen molar-refractivity contribution >= 4 is 29.3 Å². The van der Waals surface area contributed by atoms with Crippen LogP contribution in [-0.4, -0.2) is 31.3 Å². The summed E-state index contributed by atoms with van der Waals surface area (Å²) in [4.78, 5) is 11.1. The number of hydrogen-bond acceptors (Lipinski definition) is 5. The number of aromatic nitrogens is 4.